The maximum absolute atomic E-state index is 12.4. The summed E-state index contributed by atoms with van der Waals surface area (Å²) in [6.07, 6.45) is 7.44. The van der Waals surface area contributed by atoms with E-state index < -0.39 is 12.1 Å². The van der Waals surface area contributed by atoms with Crippen LogP contribution >= 0.6 is 0 Å². The molecule has 1 saturated heterocycles. The third-order valence-electron chi connectivity index (χ3n) is 4.69. The Morgan fingerprint density at radius 2 is 1.71 bits per heavy atom. The molecule has 0 radical (unpaired) electrons. The molecule has 28 heavy (non-hydrogen) atoms. The van der Waals surface area contributed by atoms with Crippen molar-refractivity contribution >= 4 is 11.9 Å². The zero-order valence-electron chi connectivity index (χ0n) is 16.7. The largest absolute Gasteiger partial charge is 0.450 e. The molecule has 6 heteroatoms. The summed E-state index contributed by atoms with van der Waals surface area (Å²) in [7, 11) is 0. The number of amides is 1. The quantitative estimate of drug-likeness (QED) is 0.779. The maximum atomic E-state index is 12.4. The lowest BCUT2D eigenvalue weighted by Crippen LogP contribution is -2.39. The van der Waals surface area contributed by atoms with E-state index in [1.165, 1.54) is 25.7 Å². The molecule has 1 aliphatic heterocycles. The minimum absolute atomic E-state index is 0.181. The molecule has 1 aliphatic rings. The molecule has 0 aromatic heterocycles. The summed E-state index contributed by atoms with van der Waals surface area (Å²) in [6, 6.07) is 9.61. The number of carbonyl (C=O) groups is 2. The first-order valence-corrected chi connectivity index (χ1v) is 10.4. The molecule has 0 saturated carbocycles. The van der Waals surface area contributed by atoms with Gasteiger partial charge in [-0.1, -0.05) is 62.4 Å². The van der Waals surface area contributed by atoms with Gasteiger partial charge in [0.25, 0.3) is 5.91 Å². The van der Waals surface area contributed by atoms with Gasteiger partial charge in [0.05, 0.1) is 13.2 Å². The van der Waals surface area contributed by atoms with Crippen LogP contribution in [0, 0.1) is 0 Å². The van der Waals surface area contributed by atoms with E-state index in [2.05, 4.69) is 5.32 Å². The first kappa shape index (κ1) is 22.4. The number of ether oxygens (including phenoxy) is 3. The minimum Gasteiger partial charge on any atom is -0.450 e. The van der Waals surface area contributed by atoms with Gasteiger partial charge in [-0.2, -0.15) is 0 Å². The van der Waals surface area contributed by atoms with Gasteiger partial charge >= 0.3 is 5.97 Å². The second-order valence-corrected chi connectivity index (χ2v) is 7.12. The zero-order chi connectivity index (χ0) is 19.9. The maximum Gasteiger partial charge on any atom is 0.332 e. The van der Waals surface area contributed by atoms with E-state index in [1.807, 2.05) is 30.3 Å². The lowest BCUT2D eigenvalue weighted by Gasteiger charge is -2.18. The lowest BCUT2D eigenvalue weighted by molar-refractivity contribution is -0.161. The van der Waals surface area contributed by atoms with Crippen molar-refractivity contribution in [1.29, 1.82) is 0 Å². The molecule has 0 bridgehead atoms. The van der Waals surface area contributed by atoms with Gasteiger partial charge in [-0.15, -0.1) is 0 Å². The highest BCUT2D eigenvalue weighted by Crippen LogP contribution is 2.09. The van der Waals surface area contributed by atoms with Gasteiger partial charge in [0, 0.05) is 19.6 Å². The molecule has 1 unspecified atom stereocenters. The Morgan fingerprint density at radius 3 is 2.50 bits per heavy atom. The molecule has 1 fully saturated rings. The summed E-state index contributed by atoms with van der Waals surface area (Å²) in [5, 5.41) is 2.88. The Morgan fingerprint density at radius 1 is 1.00 bits per heavy atom. The zero-order valence-corrected chi connectivity index (χ0v) is 16.7. The molecule has 1 aromatic rings. The van der Waals surface area contributed by atoms with Crippen molar-refractivity contribution in [2.45, 2.75) is 64.1 Å². The molecule has 1 heterocycles. The summed E-state index contributed by atoms with van der Waals surface area (Å²) in [4.78, 5) is 24.5. The average Bonchev–Trinajstić information content (AvgIpc) is 2.71. The predicted octanol–water partition coefficient (Wildman–Crippen LogP) is 3.38. The molecule has 0 spiro atoms. The fourth-order valence-electron chi connectivity index (χ4n) is 3.09. The van der Waals surface area contributed by atoms with Crippen LogP contribution in [0.25, 0.3) is 0 Å². The normalized spacial score (nSPS) is 20.4. The van der Waals surface area contributed by atoms with E-state index in [0.717, 1.165) is 24.8 Å². The van der Waals surface area contributed by atoms with Crippen molar-refractivity contribution in [3.05, 3.63) is 35.9 Å². The van der Waals surface area contributed by atoms with E-state index in [9.17, 15) is 9.59 Å². The van der Waals surface area contributed by atoms with E-state index in [1.54, 1.807) is 0 Å². The standard InChI is InChI=1S/C22H33NO5/c24-21(18-27-17-19-11-7-6-8-12-19)28-20-13-16-26-15-10-5-3-1-2-4-9-14-23-22(20)25/h6-8,11-12,20H,1-5,9-10,13-18H2,(H,23,25). The minimum atomic E-state index is -0.835. The number of esters is 1. The molecule has 1 N–H and O–H groups in total. The lowest BCUT2D eigenvalue weighted by atomic mass is 10.1. The molecule has 2 rings (SSSR count). The van der Waals surface area contributed by atoms with Crippen LogP contribution in [-0.4, -0.2) is 44.3 Å². The molecule has 1 aromatic carbocycles. The Hall–Kier alpha value is -1.92. The Labute approximate surface area is 167 Å². The first-order chi connectivity index (χ1) is 13.8. The third-order valence-corrected chi connectivity index (χ3v) is 4.69. The molecular formula is C22H33NO5. The summed E-state index contributed by atoms with van der Waals surface area (Å²) in [6.45, 7) is 1.84. The highest BCUT2D eigenvalue weighted by molar-refractivity contribution is 5.83. The SMILES string of the molecule is O=C(COCc1ccccc1)OC1CCOCCCCCCCCCNC1=O. The van der Waals surface area contributed by atoms with Crippen LogP contribution in [0.3, 0.4) is 0 Å². The van der Waals surface area contributed by atoms with Crippen LogP contribution in [0.2, 0.25) is 0 Å². The predicted molar refractivity (Wildman–Crippen MR) is 107 cm³/mol. The molecular weight excluding hydrogens is 358 g/mol. The van der Waals surface area contributed by atoms with Crippen LogP contribution in [-0.2, 0) is 30.4 Å². The van der Waals surface area contributed by atoms with Gasteiger partial charge < -0.3 is 19.5 Å². The highest BCUT2D eigenvalue weighted by atomic mass is 16.6. The van der Waals surface area contributed by atoms with Crippen molar-refractivity contribution in [2.75, 3.05) is 26.4 Å². The molecule has 1 amide bonds. The van der Waals surface area contributed by atoms with Crippen molar-refractivity contribution in [1.82, 2.24) is 5.32 Å². The van der Waals surface area contributed by atoms with Crippen LogP contribution in [0.1, 0.15) is 56.9 Å². The van der Waals surface area contributed by atoms with Gasteiger partial charge in [0.2, 0.25) is 0 Å². The van der Waals surface area contributed by atoms with E-state index in [-0.39, 0.29) is 12.5 Å². The molecule has 1 atom stereocenters. The van der Waals surface area contributed by atoms with E-state index in [0.29, 0.717) is 32.8 Å². The second kappa shape index (κ2) is 14.1. The van der Waals surface area contributed by atoms with Crippen molar-refractivity contribution in [3.63, 3.8) is 0 Å². The Bertz CT molecular complexity index is 563. The number of hydrogen-bond acceptors (Lipinski definition) is 5. The summed E-state index contributed by atoms with van der Waals surface area (Å²) in [5.41, 5.74) is 0.982. The van der Waals surface area contributed by atoms with E-state index in [4.69, 9.17) is 14.2 Å². The fourth-order valence-corrected chi connectivity index (χ4v) is 3.09. The topological polar surface area (TPSA) is 73.9 Å². The summed E-state index contributed by atoms with van der Waals surface area (Å²) < 4.78 is 16.4. The number of benzene rings is 1. The van der Waals surface area contributed by atoms with Gasteiger partial charge in [0.15, 0.2) is 6.10 Å². The van der Waals surface area contributed by atoms with Gasteiger partial charge in [0.1, 0.15) is 6.61 Å². The Balaban J connectivity index is 1.76. The monoisotopic (exact) mass is 391 g/mol. The Kier molecular flexibility index (Phi) is 11.3. The van der Waals surface area contributed by atoms with Crippen LogP contribution in [0.5, 0.6) is 0 Å². The molecule has 156 valence electrons. The van der Waals surface area contributed by atoms with Crippen molar-refractivity contribution < 1.29 is 23.8 Å². The summed E-state index contributed by atoms with van der Waals surface area (Å²) in [5.74, 6) is -0.788. The third kappa shape index (κ3) is 9.85. The van der Waals surface area contributed by atoms with Gasteiger partial charge in [-0.05, 0) is 18.4 Å². The second-order valence-electron chi connectivity index (χ2n) is 7.12. The van der Waals surface area contributed by atoms with Crippen LogP contribution in [0.4, 0.5) is 0 Å². The van der Waals surface area contributed by atoms with Gasteiger partial charge in [-0.25, -0.2) is 4.79 Å². The van der Waals surface area contributed by atoms with Crippen molar-refractivity contribution in [2.24, 2.45) is 0 Å². The molecule has 6 nitrogen and oxygen atoms in total. The van der Waals surface area contributed by atoms with Gasteiger partial charge in [-0.3, -0.25) is 4.79 Å². The van der Waals surface area contributed by atoms with Crippen molar-refractivity contribution in [3.8, 4) is 0 Å². The first-order valence-electron chi connectivity index (χ1n) is 10.4. The van der Waals surface area contributed by atoms with Crippen LogP contribution < -0.4 is 5.32 Å². The summed E-state index contributed by atoms with van der Waals surface area (Å²) >= 11 is 0. The smallest absolute Gasteiger partial charge is 0.332 e. The highest BCUT2D eigenvalue weighted by Gasteiger charge is 2.22. The average molecular weight is 392 g/mol. The van der Waals surface area contributed by atoms with E-state index >= 15 is 0 Å². The van der Waals surface area contributed by atoms with Crippen LogP contribution in [0.15, 0.2) is 30.3 Å². The fraction of sp³-hybridized carbons (Fsp3) is 0.636. The number of carbonyl (C=O) groups excluding carboxylic acids is 2. The number of nitrogens with one attached hydrogen (secondary N) is 1. The number of rotatable bonds is 5. The number of hydrogen-bond donors (Lipinski definition) is 1. The molecule has 0 aliphatic carbocycles.